The van der Waals surface area contributed by atoms with Crippen LogP contribution in [0, 0.1) is 11.8 Å². The Bertz CT molecular complexity index is 3070. The monoisotopic (exact) mass is 762 g/mol. The van der Waals surface area contributed by atoms with Gasteiger partial charge in [-0.25, -0.2) is 0 Å². The summed E-state index contributed by atoms with van der Waals surface area (Å²) in [5.74, 6) is -11.7. The molecular formula is C38H26N4O14. The van der Waals surface area contributed by atoms with E-state index in [1.165, 1.54) is 13.8 Å². The fourth-order valence-electron chi connectivity index (χ4n) is 9.33. The van der Waals surface area contributed by atoms with E-state index < -0.39 is 180 Å². The van der Waals surface area contributed by atoms with Crippen molar-refractivity contribution < 1.29 is 60.0 Å². The molecule has 0 saturated carbocycles. The number of benzene rings is 4. The van der Waals surface area contributed by atoms with E-state index in [2.05, 4.69) is 9.58 Å². The predicted molar refractivity (Wildman–Crippen MR) is 189 cm³/mol. The lowest BCUT2D eigenvalue weighted by molar-refractivity contribution is -0.175. The van der Waals surface area contributed by atoms with Gasteiger partial charge in [0.25, 0.3) is 0 Å². The standard InChI is InChI=1S/C38H26N4O14/c1-3-37(55)25(33(51)19-17-21(27(41-39)23(19)35(37)53)31(49)15-11(45)7-5-9(43)13(15)29(17)47)26-34(52)20-18-22(28(42-40)24(20)36(54)38(26,56)4-2)32(50)16-12(46)8-6-10(44)14(16)30(18)48/h5-8,25-26,35-36,47-50,53-56H,3-4H2,1-2H3/t25?,26?,35-,36-,37+,38+/m1/s1. The summed E-state index contributed by atoms with van der Waals surface area (Å²) in [5, 5.41) is 87.1. The van der Waals surface area contributed by atoms with E-state index in [4.69, 9.17) is 0 Å². The molecule has 6 aromatic rings. The molecule has 282 valence electrons. The molecule has 0 amide bonds. The zero-order chi connectivity index (χ0) is 40.8. The van der Waals surface area contributed by atoms with Crippen molar-refractivity contribution in [1.29, 1.82) is 0 Å². The molecule has 0 radical (unpaired) electrons. The number of aromatic hydroxyl groups is 4. The number of hydrogen-bond donors (Lipinski definition) is 8. The molecule has 0 heterocycles. The highest BCUT2D eigenvalue weighted by Gasteiger charge is 2.66. The van der Waals surface area contributed by atoms with Gasteiger partial charge in [0, 0.05) is 21.9 Å². The highest BCUT2D eigenvalue weighted by atomic mass is 16.4. The van der Waals surface area contributed by atoms with Crippen LogP contribution in [0.4, 0.5) is 0 Å². The van der Waals surface area contributed by atoms with Crippen molar-refractivity contribution in [3.63, 3.8) is 0 Å². The quantitative estimate of drug-likeness (QED) is 0.0625. The molecule has 8 rings (SSSR count). The van der Waals surface area contributed by atoms with E-state index in [1.54, 1.807) is 0 Å². The summed E-state index contributed by atoms with van der Waals surface area (Å²) in [7, 11) is 0. The van der Waals surface area contributed by atoms with Crippen molar-refractivity contribution in [3.05, 3.63) is 109 Å². The van der Waals surface area contributed by atoms with Crippen molar-refractivity contribution in [3.8, 4) is 23.0 Å². The van der Waals surface area contributed by atoms with Crippen LogP contribution in [0.3, 0.4) is 0 Å². The molecule has 2 unspecified atom stereocenters. The number of ketones is 2. The lowest BCUT2D eigenvalue weighted by atomic mass is 9.55. The number of fused-ring (bicyclic) bond motifs is 8. The van der Waals surface area contributed by atoms with Crippen molar-refractivity contribution in [2.45, 2.75) is 50.1 Å². The number of hydrogen-bond acceptors (Lipinski definition) is 14. The second-order valence-corrected chi connectivity index (χ2v) is 14.2. The molecule has 18 nitrogen and oxygen atoms in total. The maximum absolute atomic E-state index is 15.1. The normalized spacial score (nSPS) is 24.8. The van der Waals surface area contributed by atoms with Crippen molar-refractivity contribution >= 4 is 54.7 Å². The third-order valence-corrected chi connectivity index (χ3v) is 12.0. The first-order valence-corrected chi connectivity index (χ1v) is 17.0. The Morgan fingerprint density at radius 1 is 0.518 bits per heavy atom. The van der Waals surface area contributed by atoms with Crippen LogP contribution < -0.4 is 32.4 Å². The molecule has 56 heavy (non-hydrogen) atoms. The van der Waals surface area contributed by atoms with Gasteiger partial charge in [-0.05, 0) is 37.1 Å². The minimum Gasteiger partial charge on any atom is -0.506 e. The molecule has 2 aliphatic rings. The minimum absolute atomic E-state index is 0.625. The Labute approximate surface area is 308 Å². The Balaban J connectivity index is 1.52. The fourth-order valence-corrected chi connectivity index (χ4v) is 9.33. The average molecular weight is 763 g/mol. The second-order valence-electron chi connectivity index (χ2n) is 14.2. The summed E-state index contributed by atoms with van der Waals surface area (Å²) in [6.45, 7) is 2.52. The number of Topliss-reactive ketones (excluding diaryl/α,β-unsaturated/α-hetero) is 2. The largest absolute Gasteiger partial charge is 0.506 e. The van der Waals surface area contributed by atoms with Crippen LogP contribution in [0.15, 0.2) is 43.4 Å². The minimum atomic E-state index is -2.85. The maximum atomic E-state index is 15.1. The van der Waals surface area contributed by atoms with Crippen LogP contribution in [0.1, 0.15) is 70.7 Å². The molecule has 6 atom stereocenters. The van der Waals surface area contributed by atoms with E-state index in [9.17, 15) is 71.1 Å². The van der Waals surface area contributed by atoms with Gasteiger partial charge in [-0.15, -0.1) is 0 Å². The Morgan fingerprint density at radius 3 is 1.04 bits per heavy atom. The molecule has 0 aliphatic heterocycles. The number of aliphatic hydroxyl groups excluding tert-OH is 2. The van der Waals surface area contributed by atoms with Crippen LogP contribution >= 0.6 is 0 Å². The van der Waals surface area contributed by atoms with Crippen LogP contribution in [0.5, 0.6) is 23.0 Å². The maximum Gasteiger partial charge on any atom is 0.333 e. The van der Waals surface area contributed by atoms with Crippen molar-refractivity contribution in [2.24, 2.45) is 11.8 Å². The lowest BCUT2D eigenvalue weighted by Crippen LogP contribution is -2.63. The van der Waals surface area contributed by atoms with Crippen LogP contribution in [0.2, 0.25) is 0 Å². The first-order chi connectivity index (χ1) is 26.4. The number of rotatable bonds is 3. The van der Waals surface area contributed by atoms with Gasteiger partial charge in [-0.2, -0.15) is 9.58 Å². The molecule has 2 aliphatic carbocycles. The number of phenols is 4. The van der Waals surface area contributed by atoms with Crippen molar-refractivity contribution in [2.75, 3.05) is 0 Å². The van der Waals surface area contributed by atoms with E-state index in [0.29, 0.717) is 0 Å². The Morgan fingerprint density at radius 2 is 0.786 bits per heavy atom. The smallest absolute Gasteiger partial charge is 0.333 e. The molecule has 0 spiro atoms. The summed E-state index contributed by atoms with van der Waals surface area (Å²) in [5.41, 5.74) is 7.75. The average Bonchev–Trinajstić information content (AvgIpc) is 3.72. The van der Waals surface area contributed by atoms with Crippen LogP contribution in [0.25, 0.3) is 54.2 Å². The Kier molecular flexibility index (Phi) is 7.36. The summed E-state index contributed by atoms with van der Waals surface area (Å²) >= 11 is 0. The third-order valence-electron chi connectivity index (χ3n) is 12.0. The number of phenolic OH excluding ortho intramolecular Hbond substituents is 4. The molecule has 0 saturated heterocycles. The van der Waals surface area contributed by atoms with E-state index >= 15 is 9.59 Å². The topological polar surface area (TPSA) is 337 Å². The van der Waals surface area contributed by atoms with Gasteiger partial charge in [0.2, 0.25) is 0 Å². The summed E-state index contributed by atoms with van der Waals surface area (Å²) in [6, 6.07) is 3.14. The molecule has 0 fully saturated rings. The van der Waals surface area contributed by atoms with E-state index in [1.807, 2.05) is 0 Å². The zero-order valence-electron chi connectivity index (χ0n) is 28.8. The number of carbonyl (C=O) groups is 2. The summed E-state index contributed by atoms with van der Waals surface area (Å²) < 4.78 is 0. The van der Waals surface area contributed by atoms with Crippen LogP contribution in [-0.2, 0) is 0 Å². The lowest BCUT2D eigenvalue weighted by Gasteiger charge is -2.51. The second kappa shape index (κ2) is 11.4. The van der Waals surface area contributed by atoms with Crippen molar-refractivity contribution in [1.82, 2.24) is 0 Å². The fraction of sp³-hybridized carbons (Fsp3) is 0.263. The first kappa shape index (κ1) is 36.2. The molecule has 0 aromatic heterocycles. The van der Waals surface area contributed by atoms with Gasteiger partial charge in [0.05, 0.1) is 44.5 Å². The zero-order valence-corrected chi connectivity index (χ0v) is 28.8. The van der Waals surface area contributed by atoms with E-state index in [0.717, 1.165) is 24.3 Å². The summed E-state index contributed by atoms with van der Waals surface area (Å²) in [4.78, 5) is 88.0. The van der Waals surface area contributed by atoms with Gasteiger partial charge in [-0.1, -0.05) is 13.8 Å². The predicted octanol–water partition coefficient (Wildman–Crippen LogP) is -0.751. The number of carbonyl (C=O) groups excluding carboxylic acids is 2. The van der Waals surface area contributed by atoms with Gasteiger partial charge in [0.1, 0.15) is 57.2 Å². The summed E-state index contributed by atoms with van der Waals surface area (Å²) in [6.07, 6.45) is -6.01. The molecule has 6 aromatic carbocycles. The third kappa shape index (κ3) is 3.88. The van der Waals surface area contributed by atoms with Gasteiger partial charge < -0.3 is 51.9 Å². The molecule has 8 N–H and O–H groups in total. The highest BCUT2D eigenvalue weighted by molar-refractivity contribution is 6.25. The van der Waals surface area contributed by atoms with Crippen LogP contribution in [-0.4, -0.2) is 73.2 Å². The number of nitrogens with zero attached hydrogens (tertiary/aromatic N) is 4. The Hall–Kier alpha value is -6.78. The SMILES string of the molecule is CC[C@]1(O)C(C2C(=O)c3c(c(=[N+]=[N-])c4c(O)c5c(=O)ccc(=O)c5c(O)c34)[C@@H](O)[C@]2(O)CC)C(=O)c2c(c(=[N+]=[N-])c3c(O)c4c(=O)ccc(=O)c4c(O)c23)[C@H]1O. The molecule has 18 heteroatoms. The molecular weight excluding hydrogens is 736 g/mol. The number of aliphatic hydroxyl groups is 4. The van der Waals surface area contributed by atoms with Gasteiger partial charge >= 0.3 is 10.7 Å². The first-order valence-electron chi connectivity index (χ1n) is 17.0. The van der Waals surface area contributed by atoms with E-state index in [-0.39, 0.29) is 0 Å². The van der Waals surface area contributed by atoms with Gasteiger partial charge in [0.15, 0.2) is 33.3 Å². The molecule has 0 bridgehead atoms. The van der Waals surface area contributed by atoms with Gasteiger partial charge in [-0.3, -0.25) is 28.8 Å². The highest BCUT2D eigenvalue weighted by Crippen LogP contribution is 2.57.